The zero-order valence-corrected chi connectivity index (χ0v) is 20.6. The van der Waals surface area contributed by atoms with Gasteiger partial charge in [0.15, 0.2) is 0 Å². The Hall–Kier alpha value is -4.12. The number of rotatable bonds is 7. The van der Waals surface area contributed by atoms with Crippen molar-refractivity contribution in [2.75, 3.05) is 20.3 Å². The minimum Gasteiger partial charge on any atom is -0.497 e. The molecular weight excluding hydrogens is 450 g/mol. The van der Waals surface area contributed by atoms with Crippen molar-refractivity contribution in [2.24, 2.45) is 0 Å². The molecule has 0 spiro atoms. The Morgan fingerprint density at radius 2 is 1.67 bits per heavy atom. The predicted molar refractivity (Wildman–Crippen MR) is 143 cm³/mol. The molecule has 0 aliphatic heterocycles. The molecule has 0 amide bonds. The number of hydrogen-bond acceptors (Lipinski definition) is 5. The molecule has 0 atom stereocenters. The zero-order valence-electron chi connectivity index (χ0n) is 20.6. The number of fused-ring (bicyclic) bond motifs is 2. The number of aryl methyl sites for hydroxylation is 1. The number of carbonyl (C=O) groups excluding carboxylic acids is 1. The first kappa shape index (κ1) is 23.6. The third kappa shape index (κ3) is 5.10. The van der Waals surface area contributed by atoms with Gasteiger partial charge in [-0.1, -0.05) is 48.0 Å². The van der Waals surface area contributed by atoms with Crippen LogP contribution < -0.4 is 9.47 Å². The molecule has 1 aliphatic carbocycles. The van der Waals surface area contributed by atoms with Crippen LogP contribution in [0.5, 0.6) is 11.5 Å². The Bertz CT molecular complexity index is 1410. The van der Waals surface area contributed by atoms with Gasteiger partial charge in [0.2, 0.25) is 0 Å². The smallest absolute Gasteiger partial charge is 0.339 e. The highest BCUT2D eigenvalue weighted by molar-refractivity contribution is 6.06. The maximum Gasteiger partial charge on any atom is 0.339 e. The fourth-order valence-corrected chi connectivity index (χ4v) is 4.61. The molecule has 0 radical (unpaired) electrons. The summed E-state index contributed by atoms with van der Waals surface area (Å²) in [5.74, 6) is 1.25. The monoisotopic (exact) mass is 479 g/mol. The summed E-state index contributed by atoms with van der Waals surface area (Å²) >= 11 is 0. The van der Waals surface area contributed by atoms with Gasteiger partial charge in [0, 0.05) is 5.39 Å². The quantitative estimate of drug-likeness (QED) is 0.219. The van der Waals surface area contributed by atoms with Crippen molar-refractivity contribution < 1.29 is 19.0 Å². The van der Waals surface area contributed by atoms with Crippen molar-refractivity contribution >= 4 is 28.5 Å². The van der Waals surface area contributed by atoms with E-state index in [1.807, 2.05) is 79.7 Å². The number of aromatic nitrogens is 1. The Labute approximate surface area is 211 Å². The van der Waals surface area contributed by atoms with Crippen LogP contribution in [0.15, 0.2) is 72.8 Å². The molecule has 5 heteroatoms. The highest BCUT2D eigenvalue weighted by atomic mass is 16.6. The number of ether oxygens (including phenoxy) is 3. The maximum atomic E-state index is 13.4. The van der Waals surface area contributed by atoms with E-state index in [1.165, 1.54) is 5.56 Å². The van der Waals surface area contributed by atoms with Gasteiger partial charge in [-0.05, 0) is 79.3 Å². The lowest BCUT2D eigenvalue weighted by Crippen LogP contribution is -2.17. The Kier molecular flexibility index (Phi) is 6.99. The van der Waals surface area contributed by atoms with Crippen LogP contribution in [0.2, 0.25) is 0 Å². The molecule has 36 heavy (non-hydrogen) atoms. The predicted octanol–water partition coefficient (Wildman–Crippen LogP) is 6.66. The van der Waals surface area contributed by atoms with E-state index in [9.17, 15) is 4.79 Å². The van der Waals surface area contributed by atoms with Crippen molar-refractivity contribution in [2.45, 2.75) is 26.2 Å². The number of methoxy groups -OCH3 is 1. The van der Waals surface area contributed by atoms with E-state index in [-0.39, 0.29) is 12.6 Å². The zero-order chi connectivity index (χ0) is 24.9. The molecule has 5 nitrogen and oxygen atoms in total. The molecule has 3 aromatic carbocycles. The minimum atomic E-state index is -0.331. The van der Waals surface area contributed by atoms with Crippen LogP contribution in [0.25, 0.3) is 22.6 Å². The van der Waals surface area contributed by atoms with E-state index in [0.717, 1.165) is 64.1 Å². The Morgan fingerprint density at radius 3 is 2.44 bits per heavy atom. The van der Waals surface area contributed by atoms with Gasteiger partial charge in [0.1, 0.15) is 24.7 Å². The lowest BCUT2D eigenvalue weighted by Gasteiger charge is -2.22. The van der Waals surface area contributed by atoms with Crippen LogP contribution in [-0.2, 0) is 11.2 Å². The molecule has 1 aliphatic rings. The van der Waals surface area contributed by atoms with Gasteiger partial charge in [-0.15, -0.1) is 0 Å². The van der Waals surface area contributed by atoms with Gasteiger partial charge >= 0.3 is 5.97 Å². The first-order valence-electron chi connectivity index (χ1n) is 12.3. The van der Waals surface area contributed by atoms with E-state index < -0.39 is 0 Å². The third-order valence-electron chi connectivity index (χ3n) is 6.44. The Balaban J connectivity index is 1.42. The first-order chi connectivity index (χ1) is 17.6. The lowest BCUT2D eigenvalue weighted by molar-refractivity contribution is 0.0451. The van der Waals surface area contributed by atoms with Crippen LogP contribution >= 0.6 is 0 Å². The van der Waals surface area contributed by atoms with Crippen LogP contribution in [0.4, 0.5) is 0 Å². The van der Waals surface area contributed by atoms with E-state index in [0.29, 0.717) is 12.2 Å². The normalized spacial score (nSPS) is 13.9. The fourth-order valence-electron chi connectivity index (χ4n) is 4.61. The van der Waals surface area contributed by atoms with Gasteiger partial charge in [-0.3, -0.25) is 0 Å². The second-order valence-electron chi connectivity index (χ2n) is 8.92. The number of para-hydroxylation sites is 1. The molecule has 0 saturated heterocycles. The van der Waals surface area contributed by atoms with E-state index >= 15 is 0 Å². The van der Waals surface area contributed by atoms with Crippen molar-refractivity contribution in [1.29, 1.82) is 0 Å². The summed E-state index contributed by atoms with van der Waals surface area (Å²) in [6.45, 7) is 2.50. The van der Waals surface area contributed by atoms with Gasteiger partial charge in [-0.25, -0.2) is 9.78 Å². The molecular formula is C31H29NO4. The van der Waals surface area contributed by atoms with Gasteiger partial charge in [0.25, 0.3) is 0 Å². The largest absolute Gasteiger partial charge is 0.497 e. The molecule has 0 N–H and O–H groups in total. The minimum absolute atomic E-state index is 0.173. The van der Waals surface area contributed by atoms with Crippen LogP contribution in [0.3, 0.4) is 0 Å². The Morgan fingerprint density at radius 1 is 0.917 bits per heavy atom. The van der Waals surface area contributed by atoms with Gasteiger partial charge < -0.3 is 14.2 Å². The van der Waals surface area contributed by atoms with E-state index in [1.54, 1.807) is 7.11 Å². The summed E-state index contributed by atoms with van der Waals surface area (Å²) in [7, 11) is 1.66. The summed E-state index contributed by atoms with van der Waals surface area (Å²) < 4.78 is 16.7. The summed E-state index contributed by atoms with van der Waals surface area (Å²) in [5.41, 5.74) is 6.63. The molecule has 0 fully saturated rings. The molecule has 5 rings (SSSR count). The number of hydrogen-bond donors (Lipinski definition) is 0. The molecule has 1 heterocycles. The second-order valence-corrected chi connectivity index (χ2v) is 8.92. The number of allylic oxidation sites excluding steroid dienone is 1. The highest BCUT2D eigenvalue weighted by Gasteiger charge is 2.26. The number of pyridine rings is 1. The molecule has 0 saturated carbocycles. The molecule has 0 bridgehead atoms. The third-order valence-corrected chi connectivity index (χ3v) is 6.44. The van der Waals surface area contributed by atoms with E-state index in [4.69, 9.17) is 19.2 Å². The van der Waals surface area contributed by atoms with Crippen molar-refractivity contribution in [3.8, 4) is 11.5 Å². The van der Waals surface area contributed by atoms with Crippen molar-refractivity contribution in [1.82, 2.24) is 4.98 Å². The summed E-state index contributed by atoms with van der Waals surface area (Å²) in [6.07, 6.45) is 4.80. The summed E-state index contributed by atoms with van der Waals surface area (Å²) in [5, 5.41) is 0.825. The molecule has 1 aromatic heterocycles. The second kappa shape index (κ2) is 10.6. The fraction of sp³-hybridized carbons (Fsp3) is 0.226. The summed E-state index contributed by atoms with van der Waals surface area (Å²) in [6, 6.07) is 23.6. The number of esters is 1. The first-order valence-corrected chi connectivity index (χ1v) is 12.3. The standard InChI is InChI=1S/C31H29NO4/c1-21-10-14-25(15-11-21)35-18-19-36-31(33)29-26-7-3-4-9-28(26)32-30-23(6-5-8-27(29)30)20-22-12-16-24(34-2)17-13-22/h3-4,7,9-17,20H,5-6,8,18-19H2,1-2H3. The number of carbonyl (C=O) groups is 1. The number of nitrogens with zero attached hydrogens (tertiary/aromatic N) is 1. The molecule has 182 valence electrons. The topological polar surface area (TPSA) is 57.7 Å². The molecule has 0 unspecified atom stereocenters. The van der Waals surface area contributed by atoms with Crippen LogP contribution in [-0.4, -0.2) is 31.3 Å². The van der Waals surface area contributed by atoms with Gasteiger partial charge in [-0.2, -0.15) is 0 Å². The van der Waals surface area contributed by atoms with Crippen LogP contribution in [0, 0.1) is 6.92 Å². The summed E-state index contributed by atoms with van der Waals surface area (Å²) in [4.78, 5) is 18.4. The average Bonchev–Trinajstić information content (AvgIpc) is 2.91. The number of benzene rings is 3. The molecule has 4 aromatic rings. The lowest BCUT2D eigenvalue weighted by atomic mass is 9.86. The average molecular weight is 480 g/mol. The van der Waals surface area contributed by atoms with Crippen molar-refractivity contribution in [3.05, 3.63) is 101 Å². The maximum absolute atomic E-state index is 13.4. The van der Waals surface area contributed by atoms with Crippen LogP contribution in [0.1, 0.15) is 45.6 Å². The van der Waals surface area contributed by atoms with Crippen molar-refractivity contribution in [3.63, 3.8) is 0 Å². The van der Waals surface area contributed by atoms with Gasteiger partial charge in [0.05, 0.1) is 23.9 Å². The SMILES string of the molecule is COc1ccc(C=C2CCCc3c2nc2ccccc2c3C(=O)OCCOc2ccc(C)cc2)cc1. The van der Waals surface area contributed by atoms with E-state index in [2.05, 4.69) is 6.08 Å². The highest BCUT2D eigenvalue weighted by Crippen LogP contribution is 2.36.